The second-order valence-corrected chi connectivity index (χ2v) is 10.2. The number of piperidine rings is 1. The van der Waals surface area contributed by atoms with Gasteiger partial charge >= 0.3 is 0 Å². The van der Waals surface area contributed by atoms with Crippen LogP contribution in [0, 0.1) is 5.92 Å². The molecule has 5 rings (SSSR count). The largest absolute Gasteiger partial charge is 0.496 e. The molecule has 8 heteroatoms. The van der Waals surface area contributed by atoms with Gasteiger partial charge in [-0.2, -0.15) is 4.98 Å². The summed E-state index contributed by atoms with van der Waals surface area (Å²) in [6.45, 7) is 6.03. The topological polar surface area (TPSA) is 77.6 Å². The number of para-hydroxylation sites is 1. The molecule has 2 aromatic carbocycles. The summed E-state index contributed by atoms with van der Waals surface area (Å²) in [5.74, 6) is 3.25. The maximum atomic E-state index is 5.69. The molecular formula is C28H39N7O. The van der Waals surface area contributed by atoms with Crippen molar-refractivity contribution in [1.82, 2.24) is 20.2 Å². The van der Waals surface area contributed by atoms with Crippen molar-refractivity contribution < 1.29 is 4.74 Å². The number of hydrogen-bond acceptors (Lipinski definition) is 8. The van der Waals surface area contributed by atoms with Crippen molar-refractivity contribution in [3.8, 4) is 5.75 Å². The van der Waals surface area contributed by atoms with Gasteiger partial charge in [-0.3, -0.25) is 4.90 Å². The predicted octanol–water partition coefficient (Wildman–Crippen LogP) is 3.80. The lowest BCUT2D eigenvalue weighted by Crippen LogP contribution is -2.39. The maximum absolute atomic E-state index is 5.69. The predicted molar refractivity (Wildman–Crippen MR) is 148 cm³/mol. The van der Waals surface area contributed by atoms with Crippen LogP contribution >= 0.6 is 0 Å². The van der Waals surface area contributed by atoms with E-state index in [2.05, 4.69) is 76.2 Å². The maximum Gasteiger partial charge on any atom is 0.225 e. The Labute approximate surface area is 214 Å². The zero-order chi connectivity index (χ0) is 24.9. The molecule has 192 valence electrons. The van der Waals surface area contributed by atoms with Gasteiger partial charge in [-0.15, -0.1) is 0 Å². The van der Waals surface area contributed by atoms with E-state index in [0.717, 1.165) is 74.6 Å². The number of ether oxygens (including phenoxy) is 1. The number of aromatic nitrogens is 2. The number of hydrogen-bond donors (Lipinski definition) is 3. The number of anilines is 3. The summed E-state index contributed by atoms with van der Waals surface area (Å²) in [7, 11) is 5.94. The van der Waals surface area contributed by atoms with E-state index in [9.17, 15) is 0 Å². The van der Waals surface area contributed by atoms with E-state index in [4.69, 9.17) is 14.7 Å². The molecule has 0 spiro atoms. The van der Waals surface area contributed by atoms with Crippen LogP contribution in [-0.4, -0.2) is 74.8 Å². The van der Waals surface area contributed by atoms with Crippen molar-refractivity contribution in [2.75, 3.05) is 69.5 Å². The number of benzene rings is 2. The second kappa shape index (κ2) is 11.3. The average Bonchev–Trinajstić information content (AvgIpc) is 3.42. The van der Waals surface area contributed by atoms with Crippen molar-refractivity contribution in [3.63, 3.8) is 0 Å². The van der Waals surface area contributed by atoms with Crippen molar-refractivity contribution >= 4 is 28.4 Å². The van der Waals surface area contributed by atoms with E-state index >= 15 is 0 Å². The van der Waals surface area contributed by atoms with Crippen LogP contribution in [0.2, 0.25) is 0 Å². The first-order valence-corrected chi connectivity index (χ1v) is 13.1. The lowest BCUT2D eigenvalue weighted by molar-refractivity contribution is 0.209. The Kier molecular flexibility index (Phi) is 7.72. The summed E-state index contributed by atoms with van der Waals surface area (Å²) >= 11 is 0. The Bertz CT molecular complexity index is 1150. The van der Waals surface area contributed by atoms with Crippen LogP contribution in [0.4, 0.5) is 17.5 Å². The number of rotatable bonds is 9. The molecule has 0 bridgehead atoms. The zero-order valence-corrected chi connectivity index (χ0v) is 21.8. The lowest BCUT2D eigenvalue weighted by Gasteiger charge is -2.34. The Morgan fingerprint density at radius 2 is 1.89 bits per heavy atom. The van der Waals surface area contributed by atoms with Crippen LogP contribution in [0.3, 0.4) is 0 Å². The fourth-order valence-electron chi connectivity index (χ4n) is 5.37. The summed E-state index contributed by atoms with van der Waals surface area (Å²) < 4.78 is 5.69. The van der Waals surface area contributed by atoms with Gasteiger partial charge in [0, 0.05) is 63.0 Å². The minimum absolute atomic E-state index is 0.387. The average molecular weight is 490 g/mol. The number of likely N-dealkylation sites (tertiary alicyclic amines) is 1. The third-order valence-corrected chi connectivity index (χ3v) is 7.43. The van der Waals surface area contributed by atoms with E-state index in [-0.39, 0.29) is 0 Å². The first-order chi connectivity index (χ1) is 17.6. The van der Waals surface area contributed by atoms with E-state index in [1.807, 2.05) is 6.07 Å². The van der Waals surface area contributed by atoms with Crippen LogP contribution in [0.25, 0.3) is 10.9 Å². The first-order valence-electron chi connectivity index (χ1n) is 13.1. The highest BCUT2D eigenvalue weighted by Crippen LogP contribution is 2.31. The fourth-order valence-corrected chi connectivity index (χ4v) is 5.37. The molecular weight excluding hydrogens is 450 g/mol. The summed E-state index contributed by atoms with van der Waals surface area (Å²) in [5.41, 5.74) is 3.45. The number of nitrogens with zero attached hydrogens (tertiary/aromatic N) is 4. The van der Waals surface area contributed by atoms with Crippen molar-refractivity contribution in [2.24, 2.45) is 5.92 Å². The molecule has 3 heterocycles. The molecule has 8 nitrogen and oxygen atoms in total. The van der Waals surface area contributed by atoms with Crippen LogP contribution in [0.1, 0.15) is 24.8 Å². The highest BCUT2D eigenvalue weighted by molar-refractivity contribution is 5.90. The van der Waals surface area contributed by atoms with Gasteiger partial charge in [-0.05, 0) is 62.5 Å². The van der Waals surface area contributed by atoms with E-state index in [0.29, 0.717) is 17.9 Å². The molecule has 2 fully saturated rings. The van der Waals surface area contributed by atoms with Gasteiger partial charge in [0.05, 0.1) is 12.6 Å². The summed E-state index contributed by atoms with van der Waals surface area (Å²) in [6.07, 6.45) is 3.34. The van der Waals surface area contributed by atoms with Crippen LogP contribution in [0.15, 0.2) is 42.5 Å². The third kappa shape index (κ3) is 5.65. The van der Waals surface area contributed by atoms with Gasteiger partial charge < -0.3 is 25.6 Å². The SMILES string of the molecule is COc1cccc(N(C)C)c1CN1CCC(Nc2nc(NC[C@@H]3CCNC3)nc3ccccc23)CC1. The van der Waals surface area contributed by atoms with E-state index in [1.165, 1.54) is 17.7 Å². The molecule has 0 saturated carbocycles. The summed E-state index contributed by atoms with van der Waals surface area (Å²) in [4.78, 5) is 14.4. The molecule has 2 aliphatic rings. The number of methoxy groups -OCH3 is 1. The lowest BCUT2D eigenvalue weighted by atomic mass is 10.0. The molecule has 0 aliphatic carbocycles. The third-order valence-electron chi connectivity index (χ3n) is 7.43. The van der Waals surface area contributed by atoms with Crippen molar-refractivity contribution in [1.29, 1.82) is 0 Å². The first kappa shape index (κ1) is 24.6. The molecule has 36 heavy (non-hydrogen) atoms. The molecule has 3 N–H and O–H groups in total. The summed E-state index contributed by atoms with van der Waals surface area (Å²) in [6, 6.07) is 15.0. The molecule has 3 aromatic rings. The van der Waals surface area contributed by atoms with Gasteiger partial charge in [0.15, 0.2) is 0 Å². The molecule has 0 amide bonds. The molecule has 0 radical (unpaired) electrons. The van der Waals surface area contributed by atoms with Gasteiger partial charge in [-0.25, -0.2) is 4.98 Å². The van der Waals surface area contributed by atoms with Crippen LogP contribution in [0.5, 0.6) is 5.75 Å². The zero-order valence-electron chi connectivity index (χ0n) is 21.8. The minimum Gasteiger partial charge on any atom is -0.496 e. The smallest absolute Gasteiger partial charge is 0.225 e. The van der Waals surface area contributed by atoms with Gasteiger partial charge in [0.2, 0.25) is 5.95 Å². The Hall–Kier alpha value is -3.10. The van der Waals surface area contributed by atoms with Crippen LogP contribution < -0.4 is 25.6 Å². The fraction of sp³-hybridized carbons (Fsp3) is 0.500. The normalized spacial score (nSPS) is 18.9. The summed E-state index contributed by atoms with van der Waals surface area (Å²) in [5, 5.41) is 11.8. The van der Waals surface area contributed by atoms with Crippen LogP contribution in [-0.2, 0) is 6.54 Å². The van der Waals surface area contributed by atoms with Gasteiger partial charge in [0.1, 0.15) is 11.6 Å². The molecule has 1 atom stereocenters. The monoisotopic (exact) mass is 489 g/mol. The van der Waals surface area contributed by atoms with E-state index in [1.54, 1.807) is 7.11 Å². The number of nitrogens with one attached hydrogen (secondary N) is 3. The van der Waals surface area contributed by atoms with E-state index < -0.39 is 0 Å². The molecule has 1 aromatic heterocycles. The highest BCUT2D eigenvalue weighted by atomic mass is 16.5. The van der Waals surface area contributed by atoms with Crippen molar-refractivity contribution in [2.45, 2.75) is 31.8 Å². The molecule has 0 unspecified atom stereocenters. The highest BCUT2D eigenvalue weighted by Gasteiger charge is 2.23. The Morgan fingerprint density at radius 1 is 1.06 bits per heavy atom. The second-order valence-electron chi connectivity index (χ2n) is 10.2. The minimum atomic E-state index is 0.387. The quantitative estimate of drug-likeness (QED) is 0.419. The number of fused-ring (bicyclic) bond motifs is 1. The van der Waals surface area contributed by atoms with Crippen molar-refractivity contribution in [3.05, 3.63) is 48.0 Å². The standard InChI is InChI=1S/C28H39N7O/c1-34(2)25-9-6-10-26(36-3)23(25)19-35-15-12-21(13-16-35)31-27-22-7-4-5-8-24(22)32-28(33-27)30-18-20-11-14-29-17-20/h4-10,20-21,29H,11-19H2,1-3H3,(H2,30,31,32,33)/t20-/m1/s1. The Morgan fingerprint density at radius 3 is 2.64 bits per heavy atom. The molecule has 2 aliphatic heterocycles. The van der Waals surface area contributed by atoms with Gasteiger partial charge in [0.25, 0.3) is 0 Å². The van der Waals surface area contributed by atoms with Gasteiger partial charge in [-0.1, -0.05) is 18.2 Å². The Balaban J connectivity index is 1.25. The molecule has 2 saturated heterocycles.